The van der Waals surface area contributed by atoms with Gasteiger partial charge in [0.2, 0.25) is 0 Å². The molecule has 0 unspecified atom stereocenters. The molecule has 1 aliphatic heterocycles. The van der Waals surface area contributed by atoms with Crippen molar-refractivity contribution in [3.8, 4) is 0 Å². The Balaban J connectivity index is 1.93. The van der Waals surface area contributed by atoms with Gasteiger partial charge >= 0.3 is 0 Å². The van der Waals surface area contributed by atoms with Gasteiger partial charge in [0.1, 0.15) is 5.00 Å². The van der Waals surface area contributed by atoms with Crippen LogP contribution >= 0.6 is 23.1 Å². The largest absolute Gasteiger partial charge is 0.365 e. The fraction of sp³-hybridized carbons (Fsp3) is 0.333. The van der Waals surface area contributed by atoms with Gasteiger partial charge < -0.3 is 16.0 Å². The fourth-order valence-corrected chi connectivity index (χ4v) is 5.12. The minimum absolute atomic E-state index is 0.203. The van der Waals surface area contributed by atoms with Crippen LogP contribution in [0.5, 0.6) is 0 Å². The maximum absolute atomic E-state index is 12.8. The van der Waals surface area contributed by atoms with Crippen LogP contribution in [0.15, 0.2) is 29.2 Å². The average Bonchev–Trinajstić information content (AvgIpc) is 2.92. The van der Waals surface area contributed by atoms with Gasteiger partial charge in [0.05, 0.1) is 11.1 Å². The smallest absolute Gasteiger partial charge is 0.257 e. The first-order valence-corrected chi connectivity index (χ1v) is 9.97. The number of anilines is 1. The molecule has 0 saturated carbocycles. The Morgan fingerprint density at radius 3 is 2.84 bits per heavy atom. The van der Waals surface area contributed by atoms with Gasteiger partial charge in [-0.25, -0.2) is 0 Å². The topological polar surface area (TPSA) is 75.4 Å². The number of likely N-dealkylation sites (N-methyl/N-ethyl adjacent to an activating group) is 1. The quantitative estimate of drug-likeness (QED) is 0.787. The SMILES string of the molecule is CCSc1ccccc1C(=O)Nc1sc2c(c1C(N)=O)CCN(C)C2. The number of nitrogens with zero attached hydrogens (tertiary/aromatic N) is 1. The molecular weight excluding hydrogens is 354 g/mol. The van der Waals surface area contributed by atoms with Crippen molar-refractivity contribution < 1.29 is 9.59 Å². The van der Waals surface area contributed by atoms with Gasteiger partial charge in [-0.1, -0.05) is 19.1 Å². The molecule has 7 heteroatoms. The number of nitrogens with one attached hydrogen (secondary N) is 1. The van der Waals surface area contributed by atoms with Crippen LogP contribution in [-0.2, 0) is 13.0 Å². The van der Waals surface area contributed by atoms with Crippen molar-refractivity contribution in [2.45, 2.75) is 24.8 Å². The highest BCUT2D eigenvalue weighted by molar-refractivity contribution is 7.99. The first kappa shape index (κ1) is 18.0. The third-order valence-electron chi connectivity index (χ3n) is 4.15. The molecule has 0 aliphatic carbocycles. The summed E-state index contributed by atoms with van der Waals surface area (Å²) in [5, 5.41) is 3.49. The summed E-state index contributed by atoms with van der Waals surface area (Å²) in [6.07, 6.45) is 0.777. The number of benzene rings is 1. The Bertz CT molecular complexity index is 817. The molecule has 0 spiro atoms. The molecule has 0 saturated heterocycles. The lowest BCUT2D eigenvalue weighted by atomic mass is 10.0. The molecule has 1 aromatic carbocycles. The number of thioether (sulfide) groups is 1. The van der Waals surface area contributed by atoms with Gasteiger partial charge in [0.25, 0.3) is 11.8 Å². The zero-order valence-electron chi connectivity index (χ0n) is 14.3. The Morgan fingerprint density at radius 2 is 2.12 bits per heavy atom. The number of hydrogen-bond donors (Lipinski definition) is 2. The molecule has 25 heavy (non-hydrogen) atoms. The summed E-state index contributed by atoms with van der Waals surface area (Å²) in [6, 6.07) is 7.51. The summed E-state index contributed by atoms with van der Waals surface area (Å²) >= 11 is 3.08. The van der Waals surface area contributed by atoms with E-state index in [2.05, 4.69) is 10.2 Å². The summed E-state index contributed by atoms with van der Waals surface area (Å²) < 4.78 is 0. The third-order valence-corrected chi connectivity index (χ3v) is 6.24. The maximum atomic E-state index is 12.8. The van der Waals surface area contributed by atoms with Crippen LogP contribution in [0.4, 0.5) is 5.00 Å². The highest BCUT2D eigenvalue weighted by Gasteiger charge is 2.27. The molecule has 3 rings (SSSR count). The molecule has 5 nitrogen and oxygen atoms in total. The Morgan fingerprint density at radius 1 is 1.36 bits per heavy atom. The molecule has 2 amide bonds. The van der Waals surface area contributed by atoms with Gasteiger partial charge in [-0.05, 0) is 36.9 Å². The second-order valence-corrected chi connectivity index (χ2v) is 8.35. The fourth-order valence-electron chi connectivity index (χ4n) is 2.99. The summed E-state index contributed by atoms with van der Waals surface area (Å²) in [4.78, 5) is 29.0. The van der Waals surface area contributed by atoms with Gasteiger partial charge in [-0.15, -0.1) is 23.1 Å². The van der Waals surface area contributed by atoms with E-state index in [1.54, 1.807) is 17.8 Å². The summed E-state index contributed by atoms with van der Waals surface area (Å²) in [6.45, 7) is 3.71. The normalized spacial score (nSPS) is 14.2. The highest BCUT2D eigenvalue weighted by atomic mass is 32.2. The molecule has 1 aliphatic rings. The van der Waals surface area contributed by atoms with Gasteiger partial charge in [-0.2, -0.15) is 0 Å². The Kier molecular flexibility index (Phi) is 5.46. The van der Waals surface area contributed by atoms with Crippen LogP contribution in [0, 0.1) is 0 Å². The first-order chi connectivity index (χ1) is 12.0. The molecule has 0 atom stereocenters. The number of primary amides is 1. The van der Waals surface area contributed by atoms with Crippen LogP contribution in [0.1, 0.15) is 38.1 Å². The predicted molar refractivity (Wildman–Crippen MR) is 104 cm³/mol. The van der Waals surface area contributed by atoms with E-state index in [1.165, 1.54) is 11.3 Å². The van der Waals surface area contributed by atoms with Crippen molar-refractivity contribution in [1.29, 1.82) is 0 Å². The number of carbonyl (C=O) groups excluding carboxylic acids is 2. The lowest BCUT2D eigenvalue weighted by Gasteiger charge is -2.22. The summed E-state index contributed by atoms with van der Waals surface area (Å²) in [7, 11) is 2.04. The average molecular weight is 376 g/mol. The second-order valence-electron chi connectivity index (χ2n) is 5.94. The van der Waals surface area contributed by atoms with Gasteiger partial charge in [-0.3, -0.25) is 9.59 Å². The van der Waals surface area contributed by atoms with Gasteiger partial charge in [0, 0.05) is 22.9 Å². The van der Waals surface area contributed by atoms with Crippen molar-refractivity contribution >= 4 is 39.9 Å². The third kappa shape index (κ3) is 3.73. The predicted octanol–water partition coefficient (Wildman–Crippen LogP) is 3.20. The zero-order chi connectivity index (χ0) is 18.0. The monoisotopic (exact) mass is 375 g/mol. The lowest BCUT2D eigenvalue weighted by molar-refractivity contribution is 0.1000. The van der Waals surface area contributed by atoms with E-state index < -0.39 is 5.91 Å². The van der Waals surface area contributed by atoms with Crippen molar-refractivity contribution in [2.24, 2.45) is 5.73 Å². The first-order valence-electron chi connectivity index (χ1n) is 8.17. The molecule has 2 aromatic rings. The van der Waals surface area contributed by atoms with Crippen molar-refractivity contribution in [2.75, 3.05) is 24.7 Å². The second kappa shape index (κ2) is 7.59. The Labute approximate surface area is 155 Å². The number of thiophene rings is 1. The summed E-state index contributed by atoms with van der Waals surface area (Å²) in [5.74, 6) is 0.204. The number of amides is 2. The number of carbonyl (C=O) groups is 2. The van der Waals surface area contributed by atoms with E-state index in [0.717, 1.165) is 40.6 Å². The van der Waals surface area contributed by atoms with E-state index in [0.29, 0.717) is 16.1 Å². The number of rotatable bonds is 5. The number of hydrogen-bond acceptors (Lipinski definition) is 5. The van der Waals surface area contributed by atoms with E-state index in [-0.39, 0.29) is 5.91 Å². The molecule has 2 heterocycles. The molecule has 0 radical (unpaired) electrons. The van der Waals surface area contributed by atoms with Crippen LogP contribution < -0.4 is 11.1 Å². The molecule has 1 aromatic heterocycles. The Hall–Kier alpha value is -1.83. The van der Waals surface area contributed by atoms with E-state index in [9.17, 15) is 9.59 Å². The van der Waals surface area contributed by atoms with E-state index in [1.807, 2.05) is 32.2 Å². The summed E-state index contributed by atoms with van der Waals surface area (Å²) in [5.41, 5.74) is 7.69. The van der Waals surface area contributed by atoms with E-state index >= 15 is 0 Å². The maximum Gasteiger partial charge on any atom is 0.257 e. The zero-order valence-corrected chi connectivity index (χ0v) is 15.9. The van der Waals surface area contributed by atoms with Gasteiger partial charge in [0.15, 0.2) is 0 Å². The molecule has 132 valence electrons. The van der Waals surface area contributed by atoms with Crippen LogP contribution in [0.25, 0.3) is 0 Å². The van der Waals surface area contributed by atoms with E-state index in [4.69, 9.17) is 5.73 Å². The van der Waals surface area contributed by atoms with Crippen molar-refractivity contribution in [3.05, 3.63) is 45.8 Å². The molecular formula is C18H21N3O2S2. The van der Waals surface area contributed by atoms with Crippen LogP contribution in [0.2, 0.25) is 0 Å². The highest BCUT2D eigenvalue weighted by Crippen LogP contribution is 2.37. The van der Waals surface area contributed by atoms with Crippen molar-refractivity contribution in [1.82, 2.24) is 4.90 Å². The minimum atomic E-state index is -0.478. The molecule has 0 fully saturated rings. The number of nitrogens with two attached hydrogens (primary N) is 1. The number of fused-ring (bicyclic) bond motifs is 1. The van der Waals surface area contributed by atoms with Crippen LogP contribution in [0.3, 0.4) is 0 Å². The van der Waals surface area contributed by atoms with Crippen LogP contribution in [-0.4, -0.2) is 36.1 Å². The molecule has 0 bridgehead atoms. The lowest BCUT2D eigenvalue weighted by Crippen LogP contribution is -2.27. The van der Waals surface area contributed by atoms with Crippen molar-refractivity contribution in [3.63, 3.8) is 0 Å². The minimum Gasteiger partial charge on any atom is -0.365 e. The standard InChI is InChI=1S/C18H21N3O2S2/c1-3-24-13-7-5-4-6-12(13)17(23)20-18-15(16(19)22)11-8-9-21(2)10-14(11)25-18/h4-7H,3,8-10H2,1-2H3,(H2,19,22)(H,20,23). The molecule has 3 N–H and O–H groups in total.